The first-order chi connectivity index (χ1) is 19.7. The SMILES string of the molecule is C=C.C=CC.C=CC/C(C=C)=C/C=C(\C)C/C=C/C.C=CC1CCC(C)CC1.CC.CC.CC.CC.CC(C)CN. The van der Waals surface area contributed by atoms with Gasteiger partial charge in [0.15, 0.2) is 0 Å². The van der Waals surface area contributed by atoms with Crippen LogP contribution < -0.4 is 5.73 Å². The summed E-state index contributed by atoms with van der Waals surface area (Å²) in [5.41, 5.74) is 7.73. The fraction of sp³-hybridized carbons (Fsp3) is 0.600. The van der Waals surface area contributed by atoms with Gasteiger partial charge in [-0.3, -0.25) is 0 Å². The van der Waals surface area contributed by atoms with E-state index in [2.05, 4.69) is 97.5 Å². The van der Waals surface area contributed by atoms with Crippen LogP contribution in [0.4, 0.5) is 0 Å². The number of nitrogens with two attached hydrogens (primary N) is 1. The van der Waals surface area contributed by atoms with E-state index in [4.69, 9.17) is 5.73 Å². The summed E-state index contributed by atoms with van der Waals surface area (Å²) in [6, 6.07) is 0. The highest BCUT2D eigenvalue weighted by molar-refractivity contribution is 5.26. The largest absolute Gasteiger partial charge is 0.330 e. The Kier molecular flexibility index (Phi) is 94.6. The summed E-state index contributed by atoms with van der Waals surface area (Å²) in [4.78, 5) is 0. The highest BCUT2D eigenvalue weighted by Gasteiger charge is 2.14. The van der Waals surface area contributed by atoms with E-state index in [1.807, 2.05) is 81.4 Å². The van der Waals surface area contributed by atoms with Gasteiger partial charge in [-0.25, -0.2) is 0 Å². The molecule has 2 N–H and O–H groups in total. The van der Waals surface area contributed by atoms with E-state index >= 15 is 0 Å². The van der Waals surface area contributed by atoms with Crippen LogP contribution in [0.3, 0.4) is 0 Å². The van der Waals surface area contributed by atoms with Gasteiger partial charge in [0.1, 0.15) is 0 Å². The zero-order chi connectivity index (χ0) is 34.5. The van der Waals surface area contributed by atoms with Crippen LogP contribution in [0, 0.1) is 17.8 Å². The van der Waals surface area contributed by atoms with Gasteiger partial charge in [-0.1, -0.05) is 150 Å². The van der Waals surface area contributed by atoms with Gasteiger partial charge in [-0.05, 0) is 76.3 Å². The first-order valence-corrected chi connectivity index (χ1v) is 16.4. The molecule has 0 unspecified atom stereocenters. The van der Waals surface area contributed by atoms with Crippen molar-refractivity contribution in [2.24, 2.45) is 23.5 Å². The molecule has 1 rings (SSSR count). The monoisotopic (exact) mass is 576 g/mol. The maximum Gasteiger partial charge on any atom is -0.00541 e. The van der Waals surface area contributed by atoms with Gasteiger partial charge < -0.3 is 5.73 Å². The van der Waals surface area contributed by atoms with Crippen molar-refractivity contribution < 1.29 is 0 Å². The fourth-order valence-electron chi connectivity index (χ4n) is 2.53. The lowest BCUT2D eigenvalue weighted by atomic mass is 9.83. The summed E-state index contributed by atoms with van der Waals surface area (Å²) in [6.45, 7) is 50.0. The Balaban J connectivity index is -0.0000000580. The minimum Gasteiger partial charge on any atom is -0.330 e. The van der Waals surface area contributed by atoms with Gasteiger partial charge in [0.2, 0.25) is 0 Å². The zero-order valence-electron chi connectivity index (χ0n) is 31.1. The molecule has 0 heterocycles. The zero-order valence-corrected chi connectivity index (χ0v) is 31.1. The molecule has 0 atom stereocenters. The Labute approximate surface area is 264 Å². The van der Waals surface area contributed by atoms with E-state index < -0.39 is 0 Å². The third kappa shape index (κ3) is 72.8. The van der Waals surface area contributed by atoms with Crippen molar-refractivity contribution in [2.75, 3.05) is 6.54 Å². The normalized spacial score (nSPS) is 14.6. The average Bonchev–Trinajstić information content (AvgIpc) is 3.04. The van der Waals surface area contributed by atoms with Crippen LogP contribution in [-0.2, 0) is 0 Å². The molecule has 1 saturated carbocycles. The standard InChI is InChI=1S/C14H20.C9H16.C4H11N.C3H6.4C2H6.C2H4/c1-5-8-10-13(4)11-12-14(7-3)9-6-2;1-3-9-6-4-8(2)5-7-9;1-4(2)3-5;1-3-2;5*1-2/h5-8,11-12H,2-3,9-10H2,1,4H3;3,8-9H,1,4-7H2,2H3;4H,3,5H2,1-2H3;3H,1H2,2H3;4*1-2H3;1-2H2/b8-5+,13-11+,14-12+;;;;;;;;. The second-order valence-electron chi connectivity index (χ2n) is 8.52. The Morgan fingerprint density at radius 3 is 1.44 bits per heavy atom. The van der Waals surface area contributed by atoms with E-state index in [1.54, 1.807) is 6.08 Å². The Morgan fingerprint density at radius 2 is 1.17 bits per heavy atom. The third-order valence-corrected chi connectivity index (χ3v) is 4.76. The molecule has 0 bridgehead atoms. The lowest BCUT2D eigenvalue weighted by molar-refractivity contribution is 0.331. The van der Waals surface area contributed by atoms with Crippen LogP contribution in [0.2, 0.25) is 0 Å². The number of hydrogen-bond donors (Lipinski definition) is 1. The molecule has 41 heavy (non-hydrogen) atoms. The summed E-state index contributed by atoms with van der Waals surface area (Å²) in [7, 11) is 0. The predicted molar refractivity (Wildman–Crippen MR) is 204 cm³/mol. The van der Waals surface area contributed by atoms with E-state index in [0.29, 0.717) is 5.92 Å². The molecule has 0 radical (unpaired) electrons. The first-order valence-electron chi connectivity index (χ1n) is 16.4. The van der Waals surface area contributed by atoms with Gasteiger partial charge in [-0.2, -0.15) is 0 Å². The molecule has 0 amide bonds. The average molecular weight is 576 g/mol. The molecule has 0 saturated heterocycles. The second-order valence-corrected chi connectivity index (χ2v) is 8.52. The van der Waals surface area contributed by atoms with Crippen molar-refractivity contribution in [3.05, 3.63) is 99.2 Å². The molecular formula is C40H81N. The quantitative estimate of drug-likeness (QED) is 0.226. The predicted octanol–water partition coefficient (Wildman–Crippen LogP) is 14.3. The molecule has 0 aliphatic heterocycles. The molecule has 0 aromatic heterocycles. The van der Waals surface area contributed by atoms with Crippen LogP contribution in [0.5, 0.6) is 0 Å². The molecule has 0 aromatic rings. The van der Waals surface area contributed by atoms with Gasteiger partial charge >= 0.3 is 0 Å². The van der Waals surface area contributed by atoms with Crippen molar-refractivity contribution in [1.29, 1.82) is 0 Å². The van der Waals surface area contributed by atoms with Crippen molar-refractivity contribution >= 4 is 0 Å². The maximum atomic E-state index is 5.17. The summed E-state index contributed by atoms with van der Waals surface area (Å²) in [5, 5.41) is 0. The molecule has 0 aromatic carbocycles. The molecule has 1 heteroatoms. The Hall–Kier alpha value is -2.12. The van der Waals surface area contributed by atoms with Crippen LogP contribution in [0.25, 0.3) is 0 Å². The topological polar surface area (TPSA) is 26.0 Å². The summed E-state index contributed by atoms with van der Waals surface area (Å²) < 4.78 is 0. The maximum absolute atomic E-state index is 5.17. The minimum atomic E-state index is 0.662. The Morgan fingerprint density at radius 1 is 0.780 bits per heavy atom. The van der Waals surface area contributed by atoms with Gasteiger partial charge in [0.25, 0.3) is 0 Å². The molecule has 1 aliphatic rings. The van der Waals surface area contributed by atoms with Crippen LogP contribution in [0.1, 0.15) is 135 Å². The second kappa shape index (κ2) is 66.3. The number of rotatable bonds is 8. The van der Waals surface area contributed by atoms with Crippen LogP contribution >= 0.6 is 0 Å². The smallest absolute Gasteiger partial charge is 0.00541 e. The van der Waals surface area contributed by atoms with Crippen LogP contribution in [0.15, 0.2) is 99.2 Å². The van der Waals surface area contributed by atoms with E-state index in [-0.39, 0.29) is 0 Å². The Bertz CT molecular complexity index is 537. The van der Waals surface area contributed by atoms with Gasteiger partial charge in [-0.15, -0.1) is 32.9 Å². The fourth-order valence-corrected chi connectivity index (χ4v) is 2.53. The molecule has 1 nitrogen and oxygen atoms in total. The molecular weight excluding hydrogens is 494 g/mol. The third-order valence-electron chi connectivity index (χ3n) is 4.76. The lowest BCUT2D eigenvalue weighted by Crippen LogP contribution is -2.09. The van der Waals surface area contributed by atoms with Crippen molar-refractivity contribution in [2.45, 2.75) is 135 Å². The van der Waals surface area contributed by atoms with E-state index in [1.165, 1.54) is 36.8 Å². The molecule has 0 spiro atoms. The van der Waals surface area contributed by atoms with Crippen molar-refractivity contribution in [1.82, 2.24) is 0 Å². The van der Waals surface area contributed by atoms with E-state index in [9.17, 15) is 0 Å². The van der Waals surface area contributed by atoms with Gasteiger partial charge in [0.05, 0.1) is 0 Å². The van der Waals surface area contributed by atoms with Crippen molar-refractivity contribution in [3.8, 4) is 0 Å². The van der Waals surface area contributed by atoms with Crippen molar-refractivity contribution in [3.63, 3.8) is 0 Å². The minimum absolute atomic E-state index is 0.662. The molecule has 1 fully saturated rings. The van der Waals surface area contributed by atoms with Gasteiger partial charge in [0, 0.05) is 0 Å². The first kappa shape index (κ1) is 58.5. The number of hydrogen-bond acceptors (Lipinski definition) is 1. The summed E-state index contributed by atoms with van der Waals surface area (Å²) >= 11 is 0. The van der Waals surface area contributed by atoms with Crippen LogP contribution in [-0.4, -0.2) is 6.54 Å². The molecule has 246 valence electrons. The number of allylic oxidation sites excluding steroid dienone is 10. The highest BCUT2D eigenvalue weighted by Crippen LogP contribution is 2.28. The summed E-state index contributed by atoms with van der Waals surface area (Å²) in [6.07, 6.45) is 23.6. The summed E-state index contributed by atoms with van der Waals surface area (Å²) in [5.74, 6) is 2.47. The molecule has 1 aliphatic carbocycles. The lowest BCUT2D eigenvalue weighted by Gasteiger charge is -2.23. The highest BCUT2D eigenvalue weighted by atomic mass is 14.5. The van der Waals surface area contributed by atoms with E-state index in [0.717, 1.165) is 31.2 Å².